The molecule has 10 nitrogen and oxygen atoms in total. The molecule has 1 fully saturated rings. The first-order valence-electron chi connectivity index (χ1n) is 13.9. The van der Waals surface area contributed by atoms with Crippen molar-refractivity contribution in [3.8, 4) is 23.0 Å². The van der Waals surface area contributed by atoms with E-state index in [0.717, 1.165) is 6.07 Å². The van der Waals surface area contributed by atoms with Gasteiger partial charge in [-0.25, -0.2) is 8.78 Å². The number of anilines is 2. The monoisotopic (exact) mass is 647 g/mol. The van der Waals surface area contributed by atoms with Gasteiger partial charge in [-0.3, -0.25) is 19.4 Å². The smallest absolute Gasteiger partial charge is 1.00 e. The molecule has 4 aromatic rings. The predicted octanol–water partition coefficient (Wildman–Crippen LogP) is 6.15. The molecular formula is C32H31CaF2N3O7. The van der Waals surface area contributed by atoms with E-state index in [1.165, 1.54) is 42.6 Å². The van der Waals surface area contributed by atoms with Gasteiger partial charge < -0.3 is 32.8 Å². The molecule has 3 aromatic carbocycles. The summed E-state index contributed by atoms with van der Waals surface area (Å²) in [5.41, 5.74) is -0.312. The molecule has 0 radical (unpaired) electrons. The van der Waals surface area contributed by atoms with Crippen molar-refractivity contribution in [2.45, 2.75) is 32.6 Å². The maximum absolute atomic E-state index is 15.2. The van der Waals surface area contributed by atoms with Crippen molar-refractivity contribution >= 4 is 77.8 Å². The number of carboxylic acids is 1. The molecule has 45 heavy (non-hydrogen) atoms. The minimum atomic E-state index is -1.30. The molecule has 1 aromatic heterocycles. The van der Waals surface area contributed by atoms with E-state index in [-0.39, 0.29) is 65.1 Å². The number of nitrogens with one attached hydrogen (secondary N) is 2. The van der Waals surface area contributed by atoms with Gasteiger partial charge in [0.25, 0.3) is 0 Å². The fourth-order valence-electron chi connectivity index (χ4n) is 4.50. The number of nitrogens with zero attached hydrogens (tertiary/aromatic N) is 1. The average molecular weight is 648 g/mol. The van der Waals surface area contributed by atoms with Gasteiger partial charge in [0, 0.05) is 41.5 Å². The minimum Gasteiger partial charge on any atom is -1.00 e. The Kier molecular flexibility index (Phi) is 11.2. The van der Waals surface area contributed by atoms with Gasteiger partial charge in [-0.1, -0.05) is 0 Å². The van der Waals surface area contributed by atoms with Crippen molar-refractivity contribution in [3.05, 3.63) is 78.5 Å². The summed E-state index contributed by atoms with van der Waals surface area (Å²) in [6.45, 7) is 2.31. The van der Waals surface area contributed by atoms with Gasteiger partial charge in [0.05, 0.1) is 18.7 Å². The fraction of sp³-hybridized carbons (Fsp3) is 0.250. The Morgan fingerprint density at radius 3 is 2.20 bits per heavy atom. The number of ether oxygens (including phenoxy) is 3. The van der Waals surface area contributed by atoms with Crippen molar-refractivity contribution in [1.29, 1.82) is 0 Å². The van der Waals surface area contributed by atoms with Crippen LogP contribution >= 0.6 is 0 Å². The number of amides is 2. The van der Waals surface area contributed by atoms with E-state index in [2.05, 4.69) is 15.6 Å². The van der Waals surface area contributed by atoms with Crippen molar-refractivity contribution < 1.29 is 45.3 Å². The first-order valence-corrected chi connectivity index (χ1v) is 13.9. The maximum Gasteiger partial charge on any atom is 2.00 e. The van der Waals surface area contributed by atoms with Crippen LogP contribution in [-0.4, -0.2) is 78.8 Å². The van der Waals surface area contributed by atoms with Crippen LogP contribution in [0.3, 0.4) is 0 Å². The summed E-state index contributed by atoms with van der Waals surface area (Å²) in [5.74, 6) is -2.26. The number of benzene rings is 3. The number of hydrogen-bond acceptors (Lipinski definition) is 7. The Bertz CT molecular complexity index is 1730. The Labute approximate surface area is 290 Å². The summed E-state index contributed by atoms with van der Waals surface area (Å²) >= 11 is 0. The number of halogens is 2. The largest absolute Gasteiger partial charge is 2.00 e. The summed E-state index contributed by atoms with van der Waals surface area (Å²) in [4.78, 5) is 41.0. The van der Waals surface area contributed by atoms with E-state index < -0.39 is 34.8 Å². The molecule has 1 aliphatic rings. The first-order chi connectivity index (χ1) is 21.2. The summed E-state index contributed by atoms with van der Waals surface area (Å²) in [5, 5.41) is 14.6. The fourth-order valence-corrected chi connectivity index (χ4v) is 4.50. The number of carboxylic acid groups (broad SMARTS) is 1. The molecule has 5 rings (SSSR count). The topological polar surface area (TPSA) is 136 Å². The molecule has 0 atom stereocenters. The van der Waals surface area contributed by atoms with Gasteiger partial charge in [-0.05, 0) is 74.7 Å². The molecule has 0 aliphatic heterocycles. The predicted molar refractivity (Wildman–Crippen MR) is 165 cm³/mol. The van der Waals surface area contributed by atoms with Crippen molar-refractivity contribution in [1.82, 2.24) is 4.98 Å². The summed E-state index contributed by atoms with van der Waals surface area (Å²) < 4.78 is 45.7. The van der Waals surface area contributed by atoms with Crippen LogP contribution in [0.4, 0.5) is 20.2 Å². The van der Waals surface area contributed by atoms with E-state index in [1.807, 2.05) is 0 Å². The third-order valence-corrected chi connectivity index (χ3v) is 6.99. The second kappa shape index (κ2) is 14.9. The van der Waals surface area contributed by atoms with E-state index in [4.69, 9.17) is 19.3 Å². The summed E-state index contributed by atoms with van der Waals surface area (Å²) in [7, 11) is 0. The van der Waals surface area contributed by atoms with E-state index in [0.29, 0.717) is 59.7 Å². The molecule has 1 aliphatic carbocycles. The number of hydrogen-bond donors (Lipinski definition) is 3. The Morgan fingerprint density at radius 2 is 1.56 bits per heavy atom. The number of rotatable bonds is 13. The summed E-state index contributed by atoms with van der Waals surface area (Å²) in [6, 6.07) is 14.0. The standard InChI is InChI=1S/C32H29F2N3O7.Ca.2H/c1-2-42-27-17-22-24(18-28(27)43-15-3-4-29(38)39)35-14-11-25(22)44-26-10-9-21(16-23(26)34)37-31(41)32(12-13-32)30(40)36-20-7-5-19(33)6-8-20;;;/h5-11,14,16-18H,2-4,12-13,15H2,1H3,(H,36,40)(H,37,41)(H,38,39);;;/q;+2;2*-1. The molecule has 2 amide bonds. The second-order valence-corrected chi connectivity index (χ2v) is 10.1. The number of fused-ring (bicyclic) bond motifs is 1. The molecule has 0 unspecified atom stereocenters. The molecule has 232 valence electrons. The van der Waals surface area contributed by atoms with Gasteiger partial charge >= 0.3 is 43.7 Å². The van der Waals surface area contributed by atoms with Crippen LogP contribution in [0.15, 0.2) is 66.9 Å². The zero-order valence-electron chi connectivity index (χ0n) is 26.4. The van der Waals surface area contributed by atoms with Gasteiger partial charge in [0.2, 0.25) is 11.8 Å². The molecule has 0 spiro atoms. The first kappa shape index (κ1) is 33.9. The molecule has 3 N–H and O–H groups in total. The molecule has 1 heterocycles. The molecular weight excluding hydrogens is 616 g/mol. The van der Waals surface area contributed by atoms with Crippen molar-refractivity contribution in [3.63, 3.8) is 0 Å². The zero-order chi connectivity index (χ0) is 31.3. The van der Waals surface area contributed by atoms with Gasteiger partial charge in [0.15, 0.2) is 23.1 Å². The van der Waals surface area contributed by atoms with Crippen LogP contribution in [0, 0.1) is 17.0 Å². The number of pyridine rings is 1. The molecule has 1 saturated carbocycles. The third-order valence-electron chi connectivity index (χ3n) is 6.99. The molecule has 13 heteroatoms. The number of carbonyl (C=O) groups excluding carboxylic acids is 2. The maximum atomic E-state index is 15.2. The van der Waals surface area contributed by atoms with Crippen LogP contribution in [0.1, 0.15) is 35.5 Å². The van der Waals surface area contributed by atoms with Crippen LogP contribution < -0.4 is 24.8 Å². The number of aromatic nitrogens is 1. The van der Waals surface area contributed by atoms with Gasteiger partial charge in [-0.2, -0.15) is 0 Å². The molecule has 0 bridgehead atoms. The number of carbonyl (C=O) groups is 3. The zero-order valence-corrected chi connectivity index (χ0v) is 26.6. The van der Waals surface area contributed by atoms with Crippen molar-refractivity contribution in [2.24, 2.45) is 5.41 Å². The van der Waals surface area contributed by atoms with Crippen LogP contribution in [0.2, 0.25) is 0 Å². The van der Waals surface area contributed by atoms with Gasteiger partial charge in [0.1, 0.15) is 17.0 Å². The third kappa shape index (κ3) is 8.19. The average Bonchev–Trinajstić information content (AvgIpc) is 3.81. The van der Waals surface area contributed by atoms with E-state index in [1.54, 1.807) is 25.1 Å². The quantitative estimate of drug-likeness (QED) is 0.0894. The number of aliphatic carboxylic acids is 1. The van der Waals surface area contributed by atoms with Crippen LogP contribution in [0.25, 0.3) is 10.9 Å². The van der Waals surface area contributed by atoms with E-state index >= 15 is 4.39 Å². The minimum absolute atomic E-state index is 0. The molecule has 0 saturated heterocycles. The van der Waals surface area contributed by atoms with Gasteiger partial charge in [-0.15, -0.1) is 0 Å². The second-order valence-electron chi connectivity index (χ2n) is 10.1. The van der Waals surface area contributed by atoms with Crippen LogP contribution in [0.5, 0.6) is 23.0 Å². The Morgan fingerprint density at radius 1 is 0.889 bits per heavy atom. The normalized spacial score (nSPS) is 12.9. The Balaban J connectivity index is 0.00000256. The Hall–Kier alpha value is -4.00. The van der Waals surface area contributed by atoms with Crippen LogP contribution in [-0.2, 0) is 14.4 Å². The van der Waals surface area contributed by atoms with Crippen molar-refractivity contribution in [2.75, 3.05) is 23.8 Å². The summed E-state index contributed by atoms with van der Waals surface area (Å²) in [6.07, 6.45) is 2.42. The van der Waals surface area contributed by atoms with E-state index in [9.17, 15) is 18.8 Å². The SMILES string of the molecule is CCOc1cc2c(Oc3ccc(NC(=O)C4(C(=O)Nc5ccc(F)cc5)CC4)cc3F)ccnc2cc1OCCCC(=O)O.[Ca+2].[H-].[H-].